The van der Waals surface area contributed by atoms with Gasteiger partial charge in [0, 0.05) is 17.4 Å². The lowest BCUT2D eigenvalue weighted by atomic mass is 9.96. The van der Waals surface area contributed by atoms with E-state index >= 15 is 0 Å². The lowest BCUT2D eigenvalue weighted by Gasteiger charge is -2.22. The van der Waals surface area contributed by atoms with Crippen molar-refractivity contribution in [2.45, 2.75) is 38.1 Å². The zero-order chi connectivity index (χ0) is 12.1. The molecule has 0 atom stereocenters. The fraction of sp³-hybridized carbons (Fsp3) is 0.462. The molecule has 1 saturated carbocycles. The number of hydrogen-bond donors (Lipinski definition) is 3. The zero-order valence-electron chi connectivity index (χ0n) is 10.3. The Hall–Kier alpha value is -1.42. The molecule has 2 rings (SSSR count). The number of urea groups is 1. The topological polar surface area (TPSA) is 67.1 Å². The highest BCUT2D eigenvalue weighted by Gasteiger charge is 2.15. The Bertz CT molecular complexity index is 374. The van der Waals surface area contributed by atoms with Crippen LogP contribution in [0.1, 0.15) is 32.1 Å². The largest absolute Gasteiger partial charge is 0.399 e. The summed E-state index contributed by atoms with van der Waals surface area (Å²) in [5.41, 5.74) is 7.05. The molecule has 4 N–H and O–H groups in total. The lowest BCUT2D eigenvalue weighted by Crippen LogP contribution is -2.38. The van der Waals surface area contributed by atoms with Gasteiger partial charge in [-0.25, -0.2) is 4.79 Å². The van der Waals surface area contributed by atoms with Crippen molar-refractivity contribution in [1.82, 2.24) is 5.32 Å². The van der Waals surface area contributed by atoms with Gasteiger partial charge in [0.25, 0.3) is 0 Å². The second-order valence-corrected chi connectivity index (χ2v) is 4.56. The van der Waals surface area contributed by atoms with Crippen LogP contribution in [0.25, 0.3) is 0 Å². The van der Waals surface area contributed by atoms with Gasteiger partial charge in [-0.2, -0.15) is 0 Å². The van der Waals surface area contributed by atoms with E-state index < -0.39 is 0 Å². The van der Waals surface area contributed by atoms with Crippen molar-refractivity contribution in [3.63, 3.8) is 0 Å². The highest BCUT2D eigenvalue weighted by atomic mass is 35.5. The second kappa shape index (κ2) is 7.11. The van der Waals surface area contributed by atoms with Crippen LogP contribution in [0.2, 0.25) is 0 Å². The summed E-state index contributed by atoms with van der Waals surface area (Å²) in [6.45, 7) is 0. The van der Waals surface area contributed by atoms with Gasteiger partial charge in [-0.1, -0.05) is 19.3 Å². The molecule has 1 aromatic carbocycles. The molecule has 1 fully saturated rings. The number of nitrogens with two attached hydrogens (primary N) is 1. The van der Waals surface area contributed by atoms with Gasteiger partial charge in [0.05, 0.1) is 0 Å². The van der Waals surface area contributed by atoms with Crippen molar-refractivity contribution in [1.29, 1.82) is 0 Å². The van der Waals surface area contributed by atoms with Crippen LogP contribution in [0.4, 0.5) is 16.2 Å². The Morgan fingerprint density at radius 3 is 2.33 bits per heavy atom. The summed E-state index contributed by atoms with van der Waals surface area (Å²) in [5, 5.41) is 5.81. The highest BCUT2D eigenvalue weighted by molar-refractivity contribution is 5.89. The number of nitrogen functional groups attached to an aromatic ring is 1. The third-order valence-electron chi connectivity index (χ3n) is 3.11. The maximum atomic E-state index is 11.7. The minimum atomic E-state index is -0.123. The van der Waals surface area contributed by atoms with E-state index in [4.69, 9.17) is 5.73 Å². The molecule has 100 valence electrons. The van der Waals surface area contributed by atoms with Gasteiger partial charge in [0.1, 0.15) is 0 Å². The Kier molecular flexibility index (Phi) is 5.78. The number of carbonyl (C=O) groups excluding carboxylic acids is 1. The molecule has 0 bridgehead atoms. The average molecular weight is 270 g/mol. The number of rotatable bonds is 2. The first kappa shape index (κ1) is 14.6. The van der Waals surface area contributed by atoms with Crippen molar-refractivity contribution in [2.24, 2.45) is 0 Å². The fourth-order valence-corrected chi connectivity index (χ4v) is 2.17. The van der Waals surface area contributed by atoms with E-state index in [1.54, 1.807) is 24.3 Å². The van der Waals surface area contributed by atoms with Crippen LogP contribution >= 0.6 is 12.4 Å². The number of anilines is 2. The number of carbonyl (C=O) groups is 1. The maximum absolute atomic E-state index is 11.7. The van der Waals surface area contributed by atoms with Gasteiger partial charge in [-0.15, -0.1) is 12.4 Å². The normalized spacial score (nSPS) is 15.6. The van der Waals surface area contributed by atoms with Crippen LogP contribution < -0.4 is 16.4 Å². The summed E-state index contributed by atoms with van der Waals surface area (Å²) >= 11 is 0. The van der Waals surface area contributed by atoms with Gasteiger partial charge in [-0.3, -0.25) is 0 Å². The van der Waals surface area contributed by atoms with E-state index in [1.165, 1.54) is 19.3 Å². The predicted molar refractivity (Wildman–Crippen MR) is 77.1 cm³/mol. The van der Waals surface area contributed by atoms with Gasteiger partial charge >= 0.3 is 6.03 Å². The van der Waals surface area contributed by atoms with Crippen molar-refractivity contribution in [3.8, 4) is 0 Å². The molecule has 2 amide bonds. The lowest BCUT2D eigenvalue weighted by molar-refractivity contribution is 0.244. The average Bonchev–Trinajstić information content (AvgIpc) is 2.33. The van der Waals surface area contributed by atoms with Crippen molar-refractivity contribution in [2.75, 3.05) is 11.1 Å². The molecule has 5 heteroatoms. The zero-order valence-corrected chi connectivity index (χ0v) is 11.1. The first-order chi connectivity index (χ1) is 8.24. The molecule has 0 aromatic heterocycles. The molecule has 4 nitrogen and oxygen atoms in total. The van der Waals surface area contributed by atoms with Crippen LogP contribution in [0.3, 0.4) is 0 Å². The standard InChI is InChI=1S/C13H19N3O.ClH/c14-10-6-8-12(9-7-10)16-13(17)15-11-4-2-1-3-5-11;/h6-9,11H,1-5,14H2,(H2,15,16,17);1H. The smallest absolute Gasteiger partial charge is 0.319 e. The van der Waals surface area contributed by atoms with E-state index in [9.17, 15) is 4.79 Å². The van der Waals surface area contributed by atoms with E-state index in [2.05, 4.69) is 10.6 Å². The first-order valence-electron chi connectivity index (χ1n) is 6.17. The van der Waals surface area contributed by atoms with Gasteiger partial charge in [0.2, 0.25) is 0 Å². The summed E-state index contributed by atoms with van der Waals surface area (Å²) in [6.07, 6.45) is 5.90. The van der Waals surface area contributed by atoms with E-state index in [1.807, 2.05) is 0 Å². The summed E-state index contributed by atoms with van der Waals surface area (Å²) in [4.78, 5) is 11.7. The van der Waals surface area contributed by atoms with Crippen molar-refractivity contribution in [3.05, 3.63) is 24.3 Å². The third-order valence-corrected chi connectivity index (χ3v) is 3.11. The molecule has 1 aromatic rings. The molecule has 1 aliphatic rings. The first-order valence-corrected chi connectivity index (χ1v) is 6.17. The molecular weight excluding hydrogens is 250 g/mol. The number of nitrogens with one attached hydrogen (secondary N) is 2. The van der Waals surface area contributed by atoms with Crippen LogP contribution in [-0.2, 0) is 0 Å². The van der Waals surface area contributed by atoms with E-state index in [0.717, 1.165) is 18.5 Å². The number of hydrogen-bond acceptors (Lipinski definition) is 2. The summed E-state index contributed by atoms with van der Waals surface area (Å²) in [5.74, 6) is 0. The molecular formula is C13H20ClN3O. The number of benzene rings is 1. The molecule has 1 aliphatic carbocycles. The molecule has 0 heterocycles. The van der Waals surface area contributed by atoms with Crippen LogP contribution in [0.5, 0.6) is 0 Å². The Morgan fingerprint density at radius 2 is 1.72 bits per heavy atom. The van der Waals surface area contributed by atoms with E-state index in [0.29, 0.717) is 11.7 Å². The monoisotopic (exact) mass is 269 g/mol. The molecule has 0 radical (unpaired) electrons. The van der Waals surface area contributed by atoms with Crippen molar-refractivity contribution < 1.29 is 4.79 Å². The second-order valence-electron chi connectivity index (χ2n) is 4.56. The van der Waals surface area contributed by atoms with Gasteiger partial charge in [-0.05, 0) is 37.1 Å². The SMILES string of the molecule is Cl.Nc1ccc(NC(=O)NC2CCCCC2)cc1. The minimum absolute atomic E-state index is 0. The molecule has 0 spiro atoms. The molecule has 0 aliphatic heterocycles. The van der Waals surface area contributed by atoms with Gasteiger partial charge < -0.3 is 16.4 Å². The third kappa shape index (κ3) is 4.45. The quantitative estimate of drug-likeness (QED) is 0.722. The summed E-state index contributed by atoms with van der Waals surface area (Å²) in [6, 6.07) is 7.36. The predicted octanol–water partition coefficient (Wildman–Crippen LogP) is 3.14. The van der Waals surface area contributed by atoms with Crippen LogP contribution in [0.15, 0.2) is 24.3 Å². The maximum Gasteiger partial charge on any atom is 0.319 e. The highest BCUT2D eigenvalue weighted by Crippen LogP contribution is 2.17. The van der Waals surface area contributed by atoms with Gasteiger partial charge in [0.15, 0.2) is 0 Å². The number of amides is 2. The van der Waals surface area contributed by atoms with Crippen LogP contribution in [0, 0.1) is 0 Å². The Labute approximate surface area is 114 Å². The minimum Gasteiger partial charge on any atom is -0.399 e. The van der Waals surface area contributed by atoms with Crippen molar-refractivity contribution >= 4 is 29.8 Å². The molecule has 0 saturated heterocycles. The molecule has 18 heavy (non-hydrogen) atoms. The Morgan fingerprint density at radius 1 is 1.11 bits per heavy atom. The summed E-state index contributed by atoms with van der Waals surface area (Å²) < 4.78 is 0. The van der Waals surface area contributed by atoms with Crippen LogP contribution in [-0.4, -0.2) is 12.1 Å². The Balaban J connectivity index is 0.00000162. The fourth-order valence-electron chi connectivity index (χ4n) is 2.17. The number of halogens is 1. The summed E-state index contributed by atoms with van der Waals surface area (Å²) in [7, 11) is 0. The molecule has 0 unspecified atom stereocenters. The van der Waals surface area contributed by atoms with E-state index in [-0.39, 0.29) is 18.4 Å².